The summed E-state index contributed by atoms with van der Waals surface area (Å²) in [5.41, 5.74) is 5.15. The lowest BCUT2D eigenvalue weighted by Gasteiger charge is -2.22. The van der Waals surface area contributed by atoms with E-state index in [1.165, 1.54) is 0 Å². The second-order valence-corrected chi connectivity index (χ2v) is 2.84. The number of likely N-dealkylation sites (tertiary alicyclic amines) is 1. The largest absolute Gasteiger partial charge is 0.368 e. The van der Waals surface area contributed by atoms with E-state index in [1.54, 1.807) is 11.8 Å². The number of nitrogens with two attached hydrogens (primary N) is 1. The Kier molecular flexibility index (Phi) is 2.12. The molecule has 0 radical (unpaired) electrons. The van der Waals surface area contributed by atoms with E-state index in [9.17, 15) is 4.79 Å². The number of carbonyl (C=O) groups is 1. The van der Waals surface area contributed by atoms with Crippen LogP contribution in [0.15, 0.2) is 0 Å². The van der Waals surface area contributed by atoms with Crippen molar-refractivity contribution < 1.29 is 4.79 Å². The summed E-state index contributed by atoms with van der Waals surface area (Å²) in [6, 6.07) is -0.229. The van der Waals surface area contributed by atoms with Crippen LogP contribution >= 0.6 is 0 Å². The number of nitrogens with zero attached hydrogens (tertiary/aromatic N) is 1. The van der Waals surface area contributed by atoms with Gasteiger partial charge >= 0.3 is 0 Å². The molecular formula is C7H13N3O. The molecule has 1 atom stereocenters. The molecule has 1 amide bonds. The number of rotatable bonds is 1. The van der Waals surface area contributed by atoms with Crippen molar-refractivity contribution >= 4 is 11.7 Å². The van der Waals surface area contributed by atoms with Gasteiger partial charge in [-0.15, -0.1) is 0 Å². The molecule has 1 aliphatic heterocycles. The van der Waals surface area contributed by atoms with E-state index in [2.05, 4.69) is 0 Å². The molecular weight excluding hydrogens is 142 g/mol. The summed E-state index contributed by atoms with van der Waals surface area (Å²) >= 11 is 0. The van der Waals surface area contributed by atoms with Crippen molar-refractivity contribution in [1.82, 2.24) is 4.90 Å². The molecule has 1 rings (SSSR count). The zero-order valence-electron chi connectivity index (χ0n) is 6.63. The lowest BCUT2D eigenvalue weighted by Crippen LogP contribution is -2.42. The van der Waals surface area contributed by atoms with E-state index in [0.717, 1.165) is 19.4 Å². The van der Waals surface area contributed by atoms with Crippen LogP contribution in [0.3, 0.4) is 0 Å². The van der Waals surface area contributed by atoms with Crippen LogP contribution in [-0.4, -0.2) is 29.2 Å². The first-order chi connectivity index (χ1) is 5.13. The fourth-order valence-corrected chi connectivity index (χ4v) is 1.46. The number of primary amides is 1. The highest BCUT2D eigenvalue weighted by atomic mass is 16.1. The van der Waals surface area contributed by atoms with Gasteiger partial charge in [-0.05, 0) is 19.8 Å². The number of nitrogens with one attached hydrogen (secondary N) is 1. The fraction of sp³-hybridized carbons (Fsp3) is 0.714. The van der Waals surface area contributed by atoms with Crippen LogP contribution < -0.4 is 5.73 Å². The van der Waals surface area contributed by atoms with Gasteiger partial charge in [0.1, 0.15) is 6.04 Å². The van der Waals surface area contributed by atoms with Gasteiger partial charge in [0.05, 0.1) is 5.84 Å². The molecule has 0 bridgehead atoms. The van der Waals surface area contributed by atoms with Crippen molar-refractivity contribution in [3.8, 4) is 0 Å². The van der Waals surface area contributed by atoms with Crippen LogP contribution in [-0.2, 0) is 4.79 Å². The van der Waals surface area contributed by atoms with Crippen LogP contribution in [0.25, 0.3) is 0 Å². The predicted molar refractivity (Wildman–Crippen MR) is 42.3 cm³/mol. The van der Waals surface area contributed by atoms with Crippen molar-refractivity contribution in [3.63, 3.8) is 0 Å². The van der Waals surface area contributed by atoms with Gasteiger partial charge in [-0.1, -0.05) is 0 Å². The maximum atomic E-state index is 10.8. The fourth-order valence-electron chi connectivity index (χ4n) is 1.46. The molecule has 0 saturated carbocycles. The second-order valence-electron chi connectivity index (χ2n) is 2.84. The SMILES string of the molecule is CC(=N)N1CCC[C@@H]1C(N)=O. The average molecular weight is 155 g/mol. The molecule has 4 heteroatoms. The molecule has 4 nitrogen and oxygen atoms in total. The summed E-state index contributed by atoms with van der Waals surface area (Å²) in [5, 5.41) is 7.33. The molecule has 1 fully saturated rings. The molecule has 0 aromatic carbocycles. The summed E-state index contributed by atoms with van der Waals surface area (Å²) in [4.78, 5) is 12.6. The van der Waals surface area contributed by atoms with Crippen LogP contribution in [0.5, 0.6) is 0 Å². The van der Waals surface area contributed by atoms with Gasteiger partial charge in [0.15, 0.2) is 0 Å². The monoisotopic (exact) mass is 155 g/mol. The smallest absolute Gasteiger partial charge is 0.240 e. The molecule has 3 N–H and O–H groups in total. The highest BCUT2D eigenvalue weighted by molar-refractivity contribution is 5.87. The topological polar surface area (TPSA) is 70.2 Å². The number of amides is 1. The molecule has 0 aromatic heterocycles. The van der Waals surface area contributed by atoms with E-state index in [4.69, 9.17) is 11.1 Å². The van der Waals surface area contributed by atoms with E-state index < -0.39 is 0 Å². The third kappa shape index (κ3) is 1.50. The number of hydrogen-bond donors (Lipinski definition) is 2. The molecule has 0 aliphatic carbocycles. The number of amidine groups is 1. The van der Waals surface area contributed by atoms with Gasteiger partial charge in [0.25, 0.3) is 0 Å². The first kappa shape index (κ1) is 8.04. The lowest BCUT2D eigenvalue weighted by atomic mass is 10.2. The molecule has 1 aliphatic rings. The predicted octanol–water partition coefficient (Wildman–Crippen LogP) is -0.0667. The Morgan fingerprint density at radius 1 is 1.73 bits per heavy atom. The van der Waals surface area contributed by atoms with Gasteiger partial charge in [-0.3, -0.25) is 10.2 Å². The maximum absolute atomic E-state index is 10.8. The van der Waals surface area contributed by atoms with Gasteiger partial charge in [-0.2, -0.15) is 0 Å². The maximum Gasteiger partial charge on any atom is 0.240 e. The van der Waals surface area contributed by atoms with E-state index in [1.807, 2.05) is 0 Å². The highest BCUT2D eigenvalue weighted by Crippen LogP contribution is 2.16. The van der Waals surface area contributed by atoms with Crippen molar-refractivity contribution in [3.05, 3.63) is 0 Å². The minimum Gasteiger partial charge on any atom is -0.368 e. The molecule has 0 unspecified atom stereocenters. The zero-order chi connectivity index (χ0) is 8.43. The Bertz CT molecular complexity index is 170. The Labute approximate surface area is 65.9 Å². The Morgan fingerprint density at radius 2 is 2.36 bits per heavy atom. The van der Waals surface area contributed by atoms with Crippen LogP contribution in [0.1, 0.15) is 19.8 Å². The Morgan fingerprint density at radius 3 is 2.73 bits per heavy atom. The van der Waals surface area contributed by atoms with Crippen molar-refractivity contribution in [2.24, 2.45) is 5.73 Å². The van der Waals surface area contributed by atoms with Gasteiger partial charge in [0, 0.05) is 6.54 Å². The quantitative estimate of drug-likeness (QED) is 0.411. The first-order valence-electron chi connectivity index (χ1n) is 3.74. The molecule has 11 heavy (non-hydrogen) atoms. The van der Waals surface area contributed by atoms with Crippen LogP contribution in [0, 0.1) is 5.41 Å². The third-order valence-corrected chi connectivity index (χ3v) is 2.01. The van der Waals surface area contributed by atoms with Gasteiger partial charge in [-0.25, -0.2) is 0 Å². The van der Waals surface area contributed by atoms with Crippen LogP contribution in [0.4, 0.5) is 0 Å². The standard InChI is InChI=1S/C7H13N3O/c1-5(8)10-4-2-3-6(10)7(9)11/h6,8H,2-4H2,1H3,(H2,9,11)/t6-/m1/s1. The third-order valence-electron chi connectivity index (χ3n) is 2.01. The average Bonchev–Trinajstić information content (AvgIpc) is 2.32. The summed E-state index contributed by atoms with van der Waals surface area (Å²) in [7, 11) is 0. The molecule has 1 heterocycles. The minimum absolute atomic E-state index is 0.229. The van der Waals surface area contributed by atoms with Gasteiger partial charge < -0.3 is 10.6 Å². The van der Waals surface area contributed by atoms with Crippen molar-refractivity contribution in [1.29, 1.82) is 5.41 Å². The number of hydrogen-bond acceptors (Lipinski definition) is 2. The molecule has 62 valence electrons. The van der Waals surface area contributed by atoms with E-state index >= 15 is 0 Å². The molecule has 0 aromatic rings. The first-order valence-corrected chi connectivity index (χ1v) is 3.74. The summed E-state index contributed by atoms with van der Waals surface area (Å²) in [6.07, 6.45) is 1.76. The summed E-state index contributed by atoms with van der Waals surface area (Å²) in [6.45, 7) is 2.48. The Balaban J connectivity index is 2.65. The van der Waals surface area contributed by atoms with E-state index in [-0.39, 0.29) is 11.9 Å². The van der Waals surface area contributed by atoms with Gasteiger partial charge in [0.2, 0.25) is 5.91 Å². The van der Waals surface area contributed by atoms with Crippen LogP contribution in [0.2, 0.25) is 0 Å². The zero-order valence-corrected chi connectivity index (χ0v) is 6.63. The summed E-state index contributed by atoms with van der Waals surface area (Å²) in [5.74, 6) is 0.125. The number of carbonyl (C=O) groups excluding carboxylic acids is 1. The normalized spacial score (nSPS) is 23.7. The second kappa shape index (κ2) is 2.90. The Hall–Kier alpha value is -1.06. The molecule has 0 spiro atoms. The van der Waals surface area contributed by atoms with E-state index in [0.29, 0.717) is 5.84 Å². The lowest BCUT2D eigenvalue weighted by molar-refractivity contribution is -0.121. The minimum atomic E-state index is -0.311. The summed E-state index contributed by atoms with van der Waals surface area (Å²) < 4.78 is 0. The highest BCUT2D eigenvalue weighted by Gasteiger charge is 2.28. The van der Waals surface area contributed by atoms with Crippen molar-refractivity contribution in [2.75, 3.05) is 6.54 Å². The molecule has 1 saturated heterocycles. The van der Waals surface area contributed by atoms with Crippen molar-refractivity contribution in [2.45, 2.75) is 25.8 Å².